The van der Waals surface area contributed by atoms with Crippen molar-refractivity contribution in [2.24, 2.45) is 12.8 Å². The van der Waals surface area contributed by atoms with Gasteiger partial charge in [0.1, 0.15) is 5.82 Å². The summed E-state index contributed by atoms with van der Waals surface area (Å²) < 4.78 is 2.01. The van der Waals surface area contributed by atoms with Crippen molar-refractivity contribution >= 4 is 5.91 Å². The van der Waals surface area contributed by atoms with Gasteiger partial charge in [0.15, 0.2) is 0 Å². The SMILES string of the molecule is Cn1ccnc1CCNCc1cccc(C(N)=O)c1. The largest absolute Gasteiger partial charge is 0.366 e. The summed E-state index contributed by atoms with van der Waals surface area (Å²) >= 11 is 0. The summed E-state index contributed by atoms with van der Waals surface area (Å²) in [5.41, 5.74) is 6.84. The van der Waals surface area contributed by atoms with Gasteiger partial charge in [0.25, 0.3) is 0 Å². The first-order valence-electron chi connectivity index (χ1n) is 6.22. The lowest BCUT2D eigenvalue weighted by molar-refractivity contribution is 0.1000. The molecule has 0 aliphatic heterocycles. The van der Waals surface area contributed by atoms with Crippen LogP contribution in [0, 0.1) is 0 Å². The van der Waals surface area contributed by atoms with Gasteiger partial charge in [0, 0.05) is 44.5 Å². The van der Waals surface area contributed by atoms with Crippen LogP contribution in [-0.2, 0) is 20.0 Å². The highest BCUT2D eigenvalue weighted by Gasteiger charge is 2.02. The Morgan fingerprint density at radius 1 is 1.47 bits per heavy atom. The molecule has 0 saturated carbocycles. The molecule has 2 rings (SSSR count). The van der Waals surface area contributed by atoms with Gasteiger partial charge in [-0.15, -0.1) is 0 Å². The number of carbonyl (C=O) groups is 1. The third kappa shape index (κ3) is 3.66. The van der Waals surface area contributed by atoms with Crippen LogP contribution in [-0.4, -0.2) is 22.0 Å². The third-order valence-electron chi connectivity index (χ3n) is 2.99. The number of nitrogens with zero attached hydrogens (tertiary/aromatic N) is 2. The Hall–Kier alpha value is -2.14. The molecule has 5 heteroatoms. The first kappa shape index (κ1) is 13.3. The van der Waals surface area contributed by atoms with E-state index in [-0.39, 0.29) is 0 Å². The van der Waals surface area contributed by atoms with Crippen LogP contribution in [0.5, 0.6) is 0 Å². The smallest absolute Gasteiger partial charge is 0.248 e. The lowest BCUT2D eigenvalue weighted by atomic mass is 10.1. The Labute approximate surface area is 112 Å². The molecule has 100 valence electrons. The van der Waals surface area contributed by atoms with E-state index in [1.54, 1.807) is 12.3 Å². The fourth-order valence-corrected chi connectivity index (χ4v) is 1.90. The molecular formula is C14H18N4O. The number of hydrogen-bond acceptors (Lipinski definition) is 3. The number of nitrogens with one attached hydrogen (secondary N) is 1. The molecule has 0 radical (unpaired) electrons. The molecule has 0 atom stereocenters. The zero-order valence-corrected chi connectivity index (χ0v) is 11.0. The Bertz CT molecular complexity index is 562. The van der Waals surface area contributed by atoms with Crippen LogP contribution in [0.3, 0.4) is 0 Å². The first-order chi connectivity index (χ1) is 9.16. The number of carbonyl (C=O) groups excluding carboxylic acids is 1. The highest BCUT2D eigenvalue weighted by Crippen LogP contribution is 2.04. The van der Waals surface area contributed by atoms with Crippen LogP contribution in [0.15, 0.2) is 36.7 Å². The fourth-order valence-electron chi connectivity index (χ4n) is 1.90. The summed E-state index contributed by atoms with van der Waals surface area (Å²) in [4.78, 5) is 15.3. The second kappa shape index (κ2) is 6.15. The lowest BCUT2D eigenvalue weighted by Gasteiger charge is -2.06. The minimum atomic E-state index is -0.394. The predicted molar refractivity (Wildman–Crippen MR) is 73.6 cm³/mol. The molecule has 0 unspecified atom stereocenters. The molecule has 0 spiro atoms. The number of primary amides is 1. The summed E-state index contributed by atoms with van der Waals surface area (Å²) in [6, 6.07) is 7.35. The van der Waals surface area contributed by atoms with Crippen molar-refractivity contribution in [3.63, 3.8) is 0 Å². The van der Waals surface area contributed by atoms with Crippen LogP contribution in [0.1, 0.15) is 21.7 Å². The van der Waals surface area contributed by atoms with E-state index in [0.29, 0.717) is 12.1 Å². The van der Waals surface area contributed by atoms with Crippen molar-refractivity contribution in [3.8, 4) is 0 Å². The Balaban J connectivity index is 1.81. The van der Waals surface area contributed by atoms with Gasteiger partial charge in [-0.25, -0.2) is 4.98 Å². The molecule has 0 bridgehead atoms. The molecule has 3 N–H and O–H groups in total. The Morgan fingerprint density at radius 2 is 2.32 bits per heavy atom. The topological polar surface area (TPSA) is 72.9 Å². The van der Waals surface area contributed by atoms with Crippen LogP contribution < -0.4 is 11.1 Å². The number of aromatic nitrogens is 2. The summed E-state index contributed by atoms with van der Waals surface area (Å²) in [6.07, 6.45) is 4.61. The second-order valence-electron chi connectivity index (χ2n) is 4.45. The standard InChI is InChI=1S/C14H18N4O/c1-18-8-7-17-13(18)5-6-16-10-11-3-2-4-12(9-11)14(15)19/h2-4,7-9,16H,5-6,10H2,1H3,(H2,15,19). The second-order valence-corrected chi connectivity index (χ2v) is 4.45. The maximum absolute atomic E-state index is 11.1. The zero-order chi connectivity index (χ0) is 13.7. The van der Waals surface area contributed by atoms with Crippen molar-refractivity contribution in [3.05, 3.63) is 53.6 Å². The van der Waals surface area contributed by atoms with E-state index in [2.05, 4.69) is 10.3 Å². The quantitative estimate of drug-likeness (QED) is 0.754. The van der Waals surface area contributed by atoms with E-state index in [1.165, 1.54) is 0 Å². The van der Waals surface area contributed by atoms with E-state index in [1.807, 2.05) is 36.0 Å². The normalized spacial score (nSPS) is 10.6. The van der Waals surface area contributed by atoms with Crippen LogP contribution in [0.4, 0.5) is 0 Å². The molecule has 0 saturated heterocycles. The van der Waals surface area contributed by atoms with Gasteiger partial charge >= 0.3 is 0 Å². The molecule has 5 nitrogen and oxygen atoms in total. The fraction of sp³-hybridized carbons (Fsp3) is 0.286. The lowest BCUT2D eigenvalue weighted by Crippen LogP contribution is -2.18. The predicted octanol–water partition coefficient (Wildman–Crippen LogP) is 0.851. The highest BCUT2D eigenvalue weighted by molar-refractivity contribution is 5.92. The van der Waals surface area contributed by atoms with Gasteiger partial charge in [-0.1, -0.05) is 12.1 Å². The van der Waals surface area contributed by atoms with Gasteiger partial charge in [0.2, 0.25) is 5.91 Å². The molecule has 1 amide bonds. The van der Waals surface area contributed by atoms with Gasteiger partial charge in [-0.3, -0.25) is 4.79 Å². The van der Waals surface area contributed by atoms with Crippen molar-refractivity contribution < 1.29 is 4.79 Å². The number of imidazole rings is 1. The van der Waals surface area contributed by atoms with Gasteiger partial charge in [-0.05, 0) is 17.7 Å². The maximum Gasteiger partial charge on any atom is 0.248 e. The molecule has 0 fully saturated rings. The summed E-state index contributed by atoms with van der Waals surface area (Å²) in [5.74, 6) is 0.660. The van der Waals surface area contributed by atoms with Gasteiger partial charge in [-0.2, -0.15) is 0 Å². The molecular weight excluding hydrogens is 240 g/mol. The maximum atomic E-state index is 11.1. The average Bonchev–Trinajstić information content (AvgIpc) is 2.81. The number of aryl methyl sites for hydroxylation is 1. The molecule has 2 aromatic rings. The van der Waals surface area contributed by atoms with Crippen LogP contribution in [0.25, 0.3) is 0 Å². The van der Waals surface area contributed by atoms with E-state index < -0.39 is 5.91 Å². The highest BCUT2D eigenvalue weighted by atomic mass is 16.1. The first-order valence-corrected chi connectivity index (χ1v) is 6.22. The number of nitrogens with two attached hydrogens (primary N) is 1. The van der Waals surface area contributed by atoms with Crippen LogP contribution >= 0.6 is 0 Å². The molecule has 1 heterocycles. The number of rotatable bonds is 6. The molecule has 1 aromatic heterocycles. The van der Waals surface area contributed by atoms with E-state index >= 15 is 0 Å². The van der Waals surface area contributed by atoms with Crippen molar-refractivity contribution in [1.82, 2.24) is 14.9 Å². The Kier molecular flexibility index (Phi) is 4.30. The molecule has 1 aromatic carbocycles. The summed E-state index contributed by atoms with van der Waals surface area (Å²) in [7, 11) is 1.98. The monoisotopic (exact) mass is 258 g/mol. The van der Waals surface area contributed by atoms with Crippen molar-refractivity contribution in [1.29, 1.82) is 0 Å². The molecule has 0 aliphatic rings. The average molecular weight is 258 g/mol. The number of benzene rings is 1. The van der Waals surface area contributed by atoms with E-state index in [0.717, 1.165) is 24.4 Å². The van der Waals surface area contributed by atoms with Crippen LogP contribution in [0.2, 0.25) is 0 Å². The minimum absolute atomic E-state index is 0.394. The Morgan fingerprint density at radius 3 is 3.00 bits per heavy atom. The molecule has 19 heavy (non-hydrogen) atoms. The molecule has 0 aliphatic carbocycles. The number of amides is 1. The van der Waals surface area contributed by atoms with Gasteiger partial charge in [0.05, 0.1) is 0 Å². The zero-order valence-electron chi connectivity index (χ0n) is 11.0. The summed E-state index contributed by atoms with van der Waals surface area (Å²) in [5, 5.41) is 3.33. The summed E-state index contributed by atoms with van der Waals surface area (Å²) in [6.45, 7) is 1.55. The number of hydrogen-bond donors (Lipinski definition) is 2. The minimum Gasteiger partial charge on any atom is -0.366 e. The van der Waals surface area contributed by atoms with Gasteiger partial charge < -0.3 is 15.6 Å². The van der Waals surface area contributed by atoms with E-state index in [4.69, 9.17) is 5.73 Å². The van der Waals surface area contributed by atoms with E-state index in [9.17, 15) is 4.79 Å². The van der Waals surface area contributed by atoms with Crippen molar-refractivity contribution in [2.45, 2.75) is 13.0 Å². The van der Waals surface area contributed by atoms with Crippen molar-refractivity contribution in [2.75, 3.05) is 6.54 Å². The third-order valence-corrected chi connectivity index (χ3v) is 2.99.